The van der Waals surface area contributed by atoms with E-state index in [0.717, 1.165) is 38.1 Å². The molecule has 0 radical (unpaired) electrons. The molecular weight excluding hydrogens is 262 g/mol. The van der Waals surface area contributed by atoms with Crippen molar-refractivity contribution in [1.82, 2.24) is 4.90 Å². The SMILES string of the molecule is CCCCC1CCC(C(=O)N2CCCC2CC(C)=O)CC1. The van der Waals surface area contributed by atoms with Gasteiger partial charge in [0.05, 0.1) is 0 Å². The Labute approximate surface area is 129 Å². The van der Waals surface area contributed by atoms with Crippen molar-refractivity contribution in [2.24, 2.45) is 11.8 Å². The molecule has 0 aromatic heterocycles. The Morgan fingerprint density at radius 1 is 1.10 bits per heavy atom. The average Bonchev–Trinajstić information content (AvgIpc) is 2.92. The van der Waals surface area contributed by atoms with E-state index in [9.17, 15) is 9.59 Å². The molecule has 3 heteroatoms. The predicted octanol–water partition coefficient (Wildman–Crippen LogP) is 3.95. The second-order valence-corrected chi connectivity index (χ2v) is 7.09. The molecule has 0 aromatic carbocycles. The van der Waals surface area contributed by atoms with E-state index < -0.39 is 0 Å². The van der Waals surface area contributed by atoms with Crippen LogP contribution in [-0.2, 0) is 9.59 Å². The van der Waals surface area contributed by atoms with Gasteiger partial charge in [0.2, 0.25) is 5.91 Å². The summed E-state index contributed by atoms with van der Waals surface area (Å²) < 4.78 is 0. The highest BCUT2D eigenvalue weighted by atomic mass is 16.2. The van der Waals surface area contributed by atoms with E-state index in [1.165, 1.54) is 32.1 Å². The quantitative estimate of drug-likeness (QED) is 0.743. The maximum atomic E-state index is 12.7. The van der Waals surface area contributed by atoms with Gasteiger partial charge < -0.3 is 4.90 Å². The van der Waals surface area contributed by atoms with Crippen LogP contribution in [0.2, 0.25) is 0 Å². The van der Waals surface area contributed by atoms with Crippen LogP contribution >= 0.6 is 0 Å². The Bertz CT molecular complexity index is 358. The molecule has 21 heavy (non-hydrogen) atoms. The molecule has 0 bridgehead atoms. The summed E-state index contributed by atoms with van der Waals surface area (Å²) >= 11 is 0. The second kappa shape index (κ2) is 7.95. The minimum atomic E-state index is 0.188. The van der Waals surface area contributed by atoms with E-state index in [-0.39, 0.29) is 17.7 Å². The van der Waals surface area contributed by atoms with E-state index in [4.69, 9.17) is 0 Å². The predicted molar refractivity (Wildman–Crippen MR) is 85.0 cm³/mol. The largest absolute Gasteiger partial charge is 0.339 e. The molecule has 2 rings (SSSR count). The number of hydrogen-bond acceptors (Lipinski definition) is 2. The molecule has 0 spiro atoms. The number of amides is 1. The molecule has 120 valence electrons. The van der Waals surface area contributed by atoms with Gasteiger partial charge in [-0.3, -0.25) is 9.59 Å². The lowest BCUT2D eigenvalue weighted by molar-refractivity contribution is -0.138. The third-order valence-corrected chi connectivity index (χ3v) is 5.35. The Balaban J connectivity index is 1.82. The number of nitrogens with zero attached hydrogens (tertiary/aromatic N) is 1. The van der Waals surface area contributed by atoms with Crippen LogP contribution in [0.1, 0.15) is 78.1 Å². The summed E-state index contributed by atoms with van der Waals surface area (Å²) in [7, 11) is 0. The lowest BCUT2D eigenvalue weighted by Crippen LogP contribution is -2.41. The number of unbranched alkanes of at least 4 members (excludes halogenated alkanes) is 1. The summed E-state index contributed by atoms with van der Waals surface area (Å²) in [6.45, 7) is 4.75. The van der Waals surface area contributed by atoms with Crippen molar-refractivity contribution in [3.8, 4) is 0 Å². The standard InChI is InChI=1S/C18H31NO2/c1-3-4-6-15-8-10-16(11-9-15)18(21)19-12-5-7-17(19)13-14(2)20/h15-17H,3-13H2,1-2H3. The maximum Gasteiger partial charge on any atom is 0.225 e. The monoisotopic (exact) mass is 293 g/mol. The van der Waals surface area contributed by atoms with Crippen molar-refractivity contribution in [3.63, 3.8) is 0 Å². The third kappa shape index (κ3) is 4.55. The van der Waals surface area contributed by atoms with Gasteiger partial charge in [0, 0.05) is 24.9 Å². The zero-order valence-electron chi connectivity index (χ0n) is 13.8. The van der Waals surface area contributed by atoms with Gasteiger partial charge in [-0.15, -0.1) is 0 Å². The first-order chi connectivity index (χ1) is 10.1. The molecule has 0 aromatic rings. The van der Waals surface area contributed by atoms with Gasteiger partial charge >= 0.3 is 0 Å². The molecule has 2 aliphatic rings. The number of likely N-dealkylation sites (tertiary alicyclic amines) is 1. The molecule has 3 nitrogen and oxygen atoms in total. The topological polar surface area (TPSA) is 37.4 Å². The van der Waals surface area contributed by atoms with Crippen molar-refractivity contribution in [2.75, 3.05) is 6.54 Å². The van der Waals surface area contributed by atoms with Crippen LogP contribution in [-0.4, -0.2) is 29.2 Å². The van der Waals surface area contributed by atoms with Gasteiger partial charge in [0.1, 0.15) is 5.78 Å². The van der Waals surface area contributed by atoms with E-state index in [1.54, 1.807) is 6.92 Å². The number of carbonyl (C=O) groups excluding carboxylic acids is 2. The summed E-state index contributed by atoms with van der Waals surface area (Å²) in [5, 5.41) is 0. The normalized spacial score (nSPS) is 29.6. The first-order valence-electron chi connectivity index (χ1n) is 8.91. The Morgan fingerprint density at radius 3 is 2.43 bits per heavy atom. The summed E-state index contributed by atoms with van der Waals surface area (Å²) in [4.78, 5) is 26.1. The highest BCUT2D eigenvalue weighted by molar-refractivity contribution is 5.81. The highest BCUT2D eigenvalue weighted by Gasteiger charge is 2.35. The average molecular weight is 293 g/mol. The molecule has 1 saturated heterocycles. The zero-order valence-corrected chi connectivity index (χ0v) is 13.8. The molecule has 1 amide bonds. The smallest absolute Gasteiger partial charge is 0.225 e. The number of ketones is 1. The fourth-order valence-corrected chi connectivity index (χ4v) is 4.10. The van der Waals surface area contributed by atoms with Crippen LogP contribution < -0.4 is 0 Å². The van der Waals surface area contributed by atoms with Crippen LogP contribution in [0.4, 0.5) is 0 Å². The number of hydrogen-bond donors (Lipinski definition) is 0. The third-order valence-electron chi connectivity index (χ3n) is 5.35. The van der Waals surface area contributed by atoms with Gasteiger partial charge in [0.15, 0.2) is 0 Å². The fourth-order valence-electron chi connectivity index (χ4n) is 4.10. The van der Waals surface area contributed by atoms with Gasteiger partial charge in [-0.1, -0.05) is 26.2 Å². The van der Waals surface area contributed by atoms with Crippen molar-refractivity contribution >= 4 is 11.7 Å². The van der Waals surface area contributed by atoms with Crippen molar-refractivity contribution in [1.29, 1.82) is 0 Å². The van der Waals surface area contributed by atoms with Crippen LogP contribution in [0.15, 0.2) is 0 Å². The summed E-state index contributed by atoms with van der Waals surface area (Å²) in [5.41, 5.74) is 0. The van der Waals surface area contributed by atoms with Crippen molar-refractivity contribution < 1.29 is 9.59 Å². The minimum absolute atomic E-state index is 0.188. The summed E-state index contributed by atoms with van der Waals surface area (Å²) in [6, 6.07) is 0.188. The maximum absolute atomic E-state index is 12.7. The molecule has 1 aliphatic heterocycles. The van der Waals surface area contributed by atoms with E-state index >= 15 is 0 Å². The zero-order chi connectivity index (χ0) is 15.2. The Morgan fingerprint density at radius 2 is 1.81 bits per heavy atom. The molecule has 1 aliphatic carbocycles. The molecule has 1 heterocycles. The first-order valence-corrected chi connectivity index (χ1v) is 8.91. The van der Waals surface area contributed by atoms with Gasteiger partial charge in [-0.2, -0.15) is 0 Å². The van der Waals surface area contributed by atoms with Gasteiger partial charge in [0.25, 0.3) is 0 Å². The van der Waals surface area contributed by atoms with E-state index in [2.05, 4.69) is 6.92 Å². The van der Waals surface area contributed by atoms with Gasteiger partial charge in [-0.25, -0.2) is 0 Å². The van der Waals surface area contributed by atoms with Crippen molar-refractivity contribution in [3.05, 3.63) is 0 Å². The molecule has 1 unspecified atom stereocenters. The number of Topliss-reactive ketones (excluding diaryl/α,β-unsaturated/α-hetero) is 1. The van der Waals surface area contributed by atoms with Gasteiger partial charge in [-0.05, 0) is 51.4 Å². The van der Waals surface area contributed by atoms with Crippen molar-refractivity contribution in [2.45, 2.75) is 84.1 Å². The summed E-state index contributed by atoms with van der Waals surface area (Å²) in [6.07, 6.45) is 11.2. The highest BCUT2D eigenvalue weighted by Crippen LogP contribution is 2.34. The molecule has 2 fully saturated rings. The van der Waals surface area contributed by atoms with E-state index in [1.807, 2.05) is 4.90 Å². The van der Waals surface area contributed by atoms with Crippen LogP contribution in [0, 0.1) is 11.8 Å². The molecule has 1 saturated carbocycles. The molecular formula is C18H31NO2. The second-order valence-electron chi connectivity index (χ2n) is 7.09. The Kier molecular flexibility index (Phi) is 6.25. The number of carbonyl (C=O) groups is 2. The minimum Gasteiger partial charge on any atom is -0.339 e. The lowest BCUT2D eigenvalue weighted by atomic mass is 9.79. The molecule has 0 N–H and O–H groups in total. The van der Waals surface area contributed by atoms with Crippen LogP contribution in [0.25, 0.3) is 0 Å². The lowest BCUT2D eigenvalue weighted by Gasteiger charge is -2.33. The summed E-state index contributed by atoms with van der Waals surface area (Å²) in [5.74, 6) is 1.63. The Hall–Kier alpha value is -0.860. The number of rotatable bonds is 6. The van der Waals surface area contributed by atoms with Crippen LogP contribution in [0.3, 0.4) is 0 Å². The fraction of sp³-hybridized carbons (Fsp3) is 0.889. The molecule has 1 atom stereocenters. The van der Waals surface area contributed by atoms with Crippen LogP contribution in [0.5, 0.6) is 0 Å². The first kappa shape index (κ1) is 16.5. The van der Waals surface area contributed by atoms with E-state index in [0.29, 0.717) is 12.3 Å².